The van der Waals surface area contributed by atoms with Crippen LogP contribution in [0.2, 0.25) is 0 Å². The zero-order valence-electron chi connectivity index (χ0n) is 18.7. The Kier molecular flexibility index (Phi) is 6.74. The van der Waals surface area contributed by atoms with Gasteiger partial charge in [-0.2, -0.15) is 0 Å². The Morgan fingerprint density at radius 3 is 2.30 bits per heavy atom. The van der Waals surface area contributed by atoms with Crippen molar-refractivity contribution in [2.75, 3.05) is 25.0 Å². The highest BCUT2D eigenvalue weighted by molar-refractivity contribution is 7.11. The minimum atomic E-state index is -0.340. The molecule has 8 heteroatoms. The highest BCUT2D eigenvalue weighted by Gasteiger charge is 2.22. The number of halogens is 1. The Morgan fingerprint density at radius 1 is 1.03 bits per heavy atom. The zero-order chi connectivity index (χ0) is 23.5. The third-order valence-electron chi connectivity index (χ3n) is 5.98. The number of nitrogens with zero attached hydrogens (tertiary/aromatic N) is 3. The van der Waals surface area contributed by atoms with Crippen LogP contribution in [0.15, 0.2) is 53.3 Å². The van der Waals surface area contributed by atoms with Crippen LogP contribution in [0.25, 0.3) is 0 Å². The van der Waals surface area contributed by atoms with Crippen LogP contribution >= 0.6 is 11.3 Å². The minimum absolute atomic E-state index is 0.112. The number of anilines is 1. The molecule has 0 N–H and O–H groups in total. The Bertz CT molecular complexity index is 1210. The van der Waals surface area contributed by atoms with Crippen LogP contribution in [-0.2, 0) is 13.1 Å². The first kappa shape index (κ1) is 22.9. The summed E-state index contributed by atoms with van der Waals surface area (Å²) in [7, 11) is 1.63. The summed E-state index contributed by atoms with van der Waals surface area (Å²) >= 11 is 0.844. The fourth-order valence-electron chi connectivity index (χ4n) is 4.03. The molecule has 0 aliphatic carbocycles. The predicted octanol–water partition coefficient (Wildman–Crippen LogP) is 4.11. The molecule has 1 aliphatic heterocycles. The van der Waals surface area contributed by atoms with Crippen LogP contribution in [0.5, 0.6) is 0 Å². The van der Waals surface area contributed by atoms with Crippen molar-refractivity contribution >= 4 is 28.7 Å². The molecule has 0 spiro atoms. The van der Waals surface area contributed by atoms with Gasteiger partial charge in [0.1, 0.15) is 10.7 Å². The zero-order valence-corrected chi connectivity index (χ0v) is 19.5. The fraction of sp³-hybridized carbons (Fsp3) is 0.320. The number of carbonyl (C=O) groups is 2. The number of ketones is 1. The maximum absolute atomic E-state index is 13.1. The van der Waals surface area contributed by atoms with E-state index in [9.17, 15) is 18.8 Å². The number of hydrogen-bond donors (Lipinski definition) is 0. The quantitative estimate of drug-likeness (QED) is 0.491. The van der Waals surface area contributed by atoms with E-state index in [0.717, 1.165) is 35.7 Å². The molecule has 1 aliphatic rings. The van der Waals surface area contributed by atoms with Crippen molar-refractivity contribution in [3.63, 3.8) is 0 Å². The van der Waals surface area contributed by atoms with Gasteiger partial charge in [0.25, 0.3) is 5.91 Å². The van der Waals surface area contributed by atoms with Crippen LogP contribution in [0.3, 0.4) is 0 Å². The van der Waals surface area contributed by atoms with Crippen molar-refractivity contribution in [3.05, 3.63) is 85.7 Å². The first-order valence-corrected chi connectivity index (χ1v) is 11.7. The molecule has 0 bridgehead atoms. The molecule has 0 atom stereocenters. The second-order valence-electron chi connectivity index (χ2n) is 8.32. The fourth-order valence-corrected chi connectivity index (χ4v) is 5.02. The molecule has 172 valence electrons. The number of amides is 1. The number of thiazole rings is 1. The van der Waals surface area contributed by atoms with E-state index in [2.05, 4.69) is 4.90 Å². The molecular weight excluding hydrogens is 441 g/mol. The molecule has 2 heterocycles. The highest BCUT2D eigenvalue weighted by atomic mass is 32.1. The number of Topliss-reactive ketones (excluding diaryl/α,β-unsaturated/α-hetero) is 1. The first-order chi connectivity index (χ1) is 15.8. The Hall–Kier alpha value is -3.26. The van der Waals surface area contributed by atoms with E-state index in [1.54, 1.807) is 38.2 Å². The Balaban J connectivity index is 1.46. The van der Waals surface area contributed by atoms with Gasteiger partial charge in [0, 0.05) is 43.6 Å². The number of hydrogen-bond acceptors (Lipinski definition) is 5. The molecule has 1 amide bonds. The van der Waals surface area contributed by atoms with Gasteiger partial charge in [0.05, 0.1) is 6.54 Å². The van der Waals surface area contributed by atoms with Crippen molar-refractivity contribution < 1.29 is 14.0 Å². The van der Waals surface area contributed by atoms with Gasteiger partial charge in [0.2, 0.25) is 0 Å². The van der Waals surface area contributed by atoms with Gasteiger partial charge in [-0.25, -0.2) is 4.39 Å². The van der Waals surface area contributed by atoms with E-state index in [1.807, 2.05) is 12.1 Å². The number of rotatable bonds is 7. The van der Waals surface area contributed by atoms with Gasteiger partial charge in [-0.3, -0.25) is 19.0 Å². The van der Waals surface area contributed by atoms with Crippen molar-refractivity contribution in [3.8, 4) is 0 Å². The van der Waals surface area contributed by atoms with Gasteiger partial charge in [0.15, 0.2) is 5.78 Å². The van der Waals surface area contributed by atoms with Gasteiger partial charge >= 0.3 is 4.87 Å². The molecule has 0 unspecified atom stereocenters. The van der Waals surface area contributed by atoms with Crippen molar-refractivity contribution in [2.45, 2.75) is 32.9 Å². The van der Waals surface area contributed by atoms with Gasteiger partial charge in [-0.1, -0.05) is 23.5 Å². The van der Waals surface area contributed by atoms with E-state index < -0.39 is 0 Å². The number of aromatic nitrogens is 1. The standard InChI is InChI=1S/C25H26FN3O3S/c1-17-23(24(31)27(2)15-18-5-9-20(26)10-6-18)33-25(32)29(17)16-22(30)19-7-11-21(12-8-19)28-13-3-4-14-28/h5-12H,3-4,13-16H2,1-2H3. The Labute approximate surface area is 195 Å². The third kappa shape index (κ3) is 5.06. The molecule has 6 nitrogen and oxygen atoms in total. The summed E-state index contributed by atoms with van der Waals surface area (Å²) < 4.78 is 14.5. The van der Waals surface area contributed by atoms with E-state index in [4.69, 9.17) is 0 Å². The monoisotopic (exact) mass is 467 g/mol. The lowest BCUT2D eigenvalue weighted by molar-refractivity contribution is 0.0787. The molecule has 0 saturated carbocycles. The van der Waals surface area contributed by atoms with Crippen LogP contribution in [-0.4, -0.2) is 41.3 Å². The second kappa shape index (κ2) is 9.70. The summed E-state index contributed by atoms with van der Waals surface area (Å²) in [6.07, 6.45) is 2.36. The van der Waals surface area contributed by atoms with Gasteiger partial charge < -0.3 is 9.80 Å². The largest absolute Gasteiger partial charge is 0.372 e. The van der Waals surface area contributed by atoms with E-state index in [0.29, 0.717) is 16.1 Å². The number of benzene rings is 2. The highest BCUT2D eigenvalue weighted by Crippen LogP contribution is 2.21. The summed E-state index contributed by atoms with van der Waals surface area (Å²) in [6, 6.07) is 13.4. The first-order valence-electron chi connectivity index (χ1n) is 10.9. The number of carbonyl (C=O) groups excluding carboxylic acids is 2. The van der Waals surface area contributed by atoms with E-state index >= 15 is 0 Å². The minimum Gasteiger partial charge on any atom is -0.372 e. The topological polar surface area (TPSA) is 62.6 Å². The molecular formula is C25H26FN3O3S. The molecule has 4 rings (SSSR count). The van der Waals surface area contributed by atoms with Crippen LogP contribution < -0.4 is 9.77 Å². The molecule has 1 saturated heterocycles. The normalized spacial score (nSPS) is 13.4. The smallest absolute Gasteiger partial charge is 0.308 e. The third-order valence-corrected chi connectivity index (χ3v) is 7.05. The summed E-state index contributed by atoms with van der Waals surface area (Å²) in [6.45, 7) is 3.92. The predicted molar refractivity (Wildman–Crippen MR) is 128 cm³/mol. The van der Waals surface area contributed by atoms with Crippen LogP contribution in [0.1, 0.15) is 44.1 Å². The lowest BCUT2D eigenvalue weighted by Gasteiger charge is -2.17. The van der Waals surface area contributed by atoms with Gasteiger partial charge in [-0.15, -0.1) is 0 Å². The molecule has 0 radical (unpaired) electrons. The summed E-state index contributed by atoms with van der Waals surface area (Å²) in [4.78, 5) is 42.1. The molecule has 33 heavy (non-hydrogen) atoms. The SMILES string of the molecule is Cc1c(C(=O)N(C)Cc2ccc(F)cc2)sc(=O)n1CC(=O)c1ccc(N2CCCC2)cc1. The summed E-state index contributed by atoms with van der Waals surface area (Å²) in [5.74, 6) is -0.820. The summed E-state index contributed by atoms with van der Waals surface area (Å²) in [5, 5.41) is 0. The maximum Gasteiger partial charge on any atom is 0.308 e. The summed E-state index contributed by atoms with van der Waals surface area (Å²) in [5.41, 5.74) is 2.90. The molecule has 1 aromatic heterocycles. The van der Waals surface area contributed by atoms with Crippen molar-refractivity contribution in [2.24, 2.45) is 0 Å². The van der Waals surface area contributed by atoms with Crippen LogP contribution in [0.4, 0.5) is 10.1 Å². The molecule has 3 aromatic rings. The van der Waals surface area contributed by atoms with Crippen molar-refractivity contribution in [1.29, 1.82) is 0 Å². The average molecular weight is 468 g/mol. The van der Waals surface area contributed by atoms with Crippen LogP contribution in [0, 0.1) is 12.7 Å². The lowest BCUT2D eigenvalue weighted by Crippen LogP contribution is -2.26. The van der Waals surface area contributed by atoms with Gasteiger partial charge in [-0.05, 0) is 61.7 Å². The van der Waals surface area contributed by atoms with E-state index in [-0.39, 0.29) is 35.5 Å². The Morgan fingerprint density at radius 2 is 1.67 bits per heavy atom. The average Bonchev–Trinajstić information content (AvgIpc) is 3.45. The molecule has 1 fully saturated rings. The lowest BCUT2D eigenvalue weighted by atomic mass is 10.1. The van der Waals surface area contributed by atoms with Crippen molar-refractivity contribution in [1.82, 2.24) is 9.47 Å². The second-order valence-corrected chi connectivity index (χ2v) is 9.28. The maximum atomic E-state index is 13.1. The molecule has 2 aromatic carbocycles. The van der Waals surface area contributed by atoms with E-state index in [1.165, 1.54) is 34.4 Å².